The predicted molar refractivity (Wildman–Crippen MR) is 63.8 cm³/mol. The van der Waals surface area contributed by atoms with Crippen LogP contribution in [0.3, 0.4) is 0 Å². The number of rotatable bonds is 3. The number of nitrogens with two attached hydrogens (primary N) is 1. The normalized spacial score (nSPS) is 16.6. The number of nitrogens with zero attached hydrogens (tertiary/aromatic N) is 2. The molecule has 1 aromatic rings. The lowest BCUT2D eigenvalue weighted by Crippen LogP contribution is -2.37. The van der Waals surface area contributed by atoms with Gasteiger partial charge in [-0.2, -0.15) is 0 Å². The molecule has 1 unspecified atom stereocenters. The van der Waals surface area contributed by atoms with E-state index in [1.807, 2.05) is 0 Å². The number of carbonyl (C=O) groups excluding carboxylic acids is 1. The molecule has 1 aliphatic carbocycles. The fourth-order valence-corrected chi connectivity index (χ4v) is 1.54. The third kappa shape index (κ3) is 2.41. The quantitative estimate of drug-likeness (QED) is 0.762. The first-order chi connectivity index (χ1) is 8.00. The lowest BCUT2D eigenvalue weighted by atomic mass is 10.3. The molecular formula is C10H13ClN4O2. The minimum Gasteiger partial charge on any atom is -0.392 e. The van der Waals surface area contributed by atoms with E-state index < -0.39 is 11.6 Å². The number of amides is 1. The van der Waals surface area contributed by atoms with E-state index in [0.717, 1.165) is 12.8 Å². The van der Waals surface area contributed by atoms with E-state index in [2.05, 4.69) is 10.3 Å². The van der Waals surface area contributed by atoms with Crippen molar-refractivity contribution >= 4 is 23.2 Å². The van der Waals surface area contributed by atoms with Crippen LogP contribution in [0.25, 0.3) is 0 Å². The summed E-state index contributed by atoms with van der Waals surface area (Å²) >= 11 is 5.61. The van der Waals surface area contributed by atoms with Crippen molar-refractivity contribution in [2.45, 2.75) is 31.8 Å². The average molecular weight is 257 g/mol. The molecule has 0 radical (unpaired) electrons. The van der Waals surface area contributed by atoms with Crippen molar-refractivity contribution < 1.29 is 4.79 Å². The molecule has 17 heavy (non-hydrogen) atoms. The molecule has 0 bridgehead atoms. The summed E-state index contributed by atoms with van der Waals surface area (Å²) in [6.07, 6.45) is 3.22. The minimum atomic E-state index is -0.643. The van der Waals surface area contributed by atoms with Crippen LogP contribution in [0.15, 0.2) is 11.1 Å². The largest absolute Gasteiger partial charge is 0.392 e. The van der Waals surface area contributed by atoms with E-state index in [0.29, 0.717) is 0 Å². The van der Waals surface area contributed by atoms with Gasteiger partial charge in [0.1, 0.15) is 18.1 Å². The molecule has 1 saturated carbocycles. The Hall–Kier alpha value is -1.56. The number of carbonyl (C=O) groups is 1. The maximum absolute atomic E-state index is 11.8. The maximum atomic E-state index is 11.8. The zero-order valence-electron chi connectivity index (χ0n) is 9.31. The average Bonchev–Trinajstić information content (AvgIpc) is 3.09. The summed E-state index contributed by atoms with van der Waals surface area (Å²) in [7, 11) is 0. The number of nitrogen functional groups attached to an aromatic ring is 1. The van der Waals surface area contributed by atoms with Gasteiger partial charge in [-0.3, -0.25) is 14.2 Å². The summed E-state index contributed by atoms with van der Waals surface area (Å²) < 4.78 is 1.18. The van der Waals surface area contributed by atoms with Gasteiger partial charge in [-0.25, -0.2) is 4.98 Å². The van der Waals surface area contributed by atoms with E-state index in [4.69, 9.17) is 17.3 Å². The zero-order chi connectivity index (χ0) is 12.6. The van der Waals surface area contributed by atoms with Crippen molar-refractivity contribution in [2.75, 3.05) is 5.73 Å². The van der Waals surface area contributed by atoms with E-state index in [1.54, 1.807) is 6.92 Å². The van der Waals surface area contributed by atoms with Crippen LogP contribution >= 0.6 is 11.6 Å². The first kappa shape index (κ1) is 11.9. The summed E-state index contributed by atoms with van der Waals surface area (Å²) in [6, 6.07) is -0.395. The summed E-state index contributed by atoms with van der Waals surface area (Å²) in [6.45, 7) is 1.62. The van der Waals surface area contributed by atoms with Crippen LogP contribution in [0.1, 0.15) is 25.8 Å². The first-order valence-corrected chi connectivity index (χ1v) is 5.71. The highest BCUT2D eigenvalue weighted by atomic mass is 35.5. The Bertz CT molecular complexity index is 510. The number of hydrogen-bond acceptors (Lipinski definition) is 4. The van der Waals surface area contributed by atoms with Crippen LogP contribution in [-0.4, -0.2) is 21.5 Å². The standard InChI is InChI=1S/C10H13ClN4O2/c1-5(9(16)14-6-2-3-6)15-4-13-8(11)7(12)10(15)17/h4-6H,2-3,12H2,1H3,(H,14,16). The first-order valence-electron chi connectivity index (χ1n) is 5.33. The highest BCUT2D eigenvalue weighted by Gasteiger charge is 2.27. The number of nitrogens with one attached hydrogen (secondary N) is 1. The SMILES string of the molecule is CC(C(=O)NC1CC1)n1cnc(Cl)c(N)c1=O. The van der Waals surface area contributed by atoms with Crippen molar-refractivity contribution in [2.24, 2.45) is 0 Å². The van der Waals surface area contributed by atoms with Gasteiger partial charge >= 0.3 is 0 Å². The van der Waals surface area contributed by atoms with E-state index >= 15 is 0 Å². The second-order valence-electron chi connectivity index (χ2n) is 4.12. The van der Waals surface area contributed by atoms with Gasteiger partial charge in [0.15, 0.2) is 5.15 Å². The summed E-state index contributed by atoms with van der Waals surface area (Å²) in [5, 5.41) is 2.77. The Morgan fingerprint density at radius 3 is 2.94 bits per heavy atom. The van der Waals surface area contributed by atoms with Gasteiger partial charge in [0.2, 0.25) is 5.91 Å². The maximum Gasteiger partial charge on any atom is 0.278 e. The monoisotopic (exact) mass is 256 g/mol. The molecular weight excluding hydrogens is 244 g/mol. The summed E-state index contributed by atoms with van der Waals surface area (Å²) in [5.74, 6) is -0.210. The molecule has 1 amide bonds. The fourth-order valence-electron chi connectivity index (χ4n) is 1.41. The predicted octanol–water partition coefficient (Wildman–Crippen LogP) is 0.319. The smallest absolute Gasteiger partial charge is 0.278 e. The van der Waals surface area contributed by atoms with E-state index in [9.17, 15) is 9.59 Å². The van der Waals surface area contributed by atoms with Gasteiger partial charge in [-0.1, -0.05) is 11.6 Å². The fraction of sp³-hybridized carbons (Fsp3) is 0.500. The lowest BCUT2D eigenvalue weighted by molar-refractivity contribution is -0.124. The van der Waals surface area contributed by atoms with E-state index in [1.165, 1.54) is 10.9 Å². The van der Waals surface area contributed by atoms with Gasteiger partial charge in [0.05, 0.1) is 0 Å². The highest BCUT2D eigenvalue weighted by molar-refractivity contribution is 6.31. The van der Waals surface area contributed by atoms with Crippen LogP contribution in [-0.2, 0) is 4.79 Å². The van der Waals surface area contributed by atoms with Gasteiger partial charge in [0, 0.05) is 6.04 Å². The molecule has 0 aliphatic heterocycles. The van der Waals surface area contributed by atoms with Crippen LogP contribution in [0.5, 0.6) is 0 Å². The van der Waals surface area contributed by atoms with Crippen molar-refractivity contribution in [1.29, 1.82) is 0 Å². The van der Waals surface area contributed by atoms with Crippen LogP contribution in [0.2, 0.25) is 5.15 Å². The second kappa shape index (κ2) is 4.37. The lowest BCUT2D eigenvalue weighted by Gasteiger charge is -2.14. The van der Waals surface area contributed by atoms with Gasteiger partial charge in [-0.15, -0.1) is 0 Å². The summed E-state index contributed by atoms with van der Waals surface area (Å²) in [4.78, 5) is 27.3. The molecule has 1 fully saturated rings. The molecule has 0 spiro atoms. The molecule has 7 heteroatoms. The van der Waals surface area contributed by atoms with Crippen molar-refractivity contribution in [3.05, 3.63) is 21.8 Å². The Morgan fingerprint density at radius 1 is 1.71 bits per heavy atom. The number of halogens is 1. The number of aromatic nitrogens is 2. The number of anilines is 1. The molecule has 1 heterocycles. The molecule has 0 aromatic carbocycles. The van der Waals surface area contributed by atoms with Gasteiger partial charge in [-0.05, 0) is 19.8 Å². The van der Waals surface area contributed by atoms with Crippen molar-refractivity contribution in [3.63, 3.8) is 0 Å². The second-order valence-corrected chi connectivity index (χ2v) is 4.48. The Morgan fingerprint density at radius 2 is 2.35 bits per heavy atom. The van der Waals surface area contributed by atoms with E-state index in [-0.39, 0.29) is 22.8 Å². The molecule has 0 saturated heterocycles. The molecule has 92 valence electrons. The highest BCUT2D eigenvalue weighted by Crippen LogP contribution is 2.20. The van der Waals surface area contributed by atoms with Crippen LogP contribution in [0, 0.1) is 0 Å². The van der Waals surface area contributed by atoms with Crippen molar-refractivity contribution in [3.8, 4) is 0 Å². The van der Waals surface area contributed by atoms with Crippen LogP contribution in [0.4, 0.5) is 5.69 Å². The molecule has 1 aromatic heterocycles. The Kier molecular flexibility index (Phi) is 3.06. The van der Waals surface area contributed by atoms with Crippen LogP contribution < -0.4 is 16.6 Å². The third-order valence-corrected chi connectivity index (χ3v) is 3.00. The van der Waals surface area contributed by atoms with Gasteiger partial charge in [0.25, 0.3) is 5.56 Å². The Labute approximate surface area is 103 Å². The minimum absolute atomic E-state index is 0.0407. The molecule has 3 N–H and O–H groups in total. The number of hydrogen-bond donors (Lipinski definition) is 2. The molecule has 1 aliphatic rings. The van der Waals surface area contributed by atoms with Gasteiger partial charge < -0.3 is 11.1 Å². The molecule has 6 nitrogen and oxygen atoms in total. The Balaban J connectivity index is 2.23. The summed E-state index contributed by atoms with van der Waals surface area (Å²) in [5.41, 5.74) is 4.84. The third-order valence-electron chi connectivity index (χ3n) is 2.70. The molecule has 1 atom stereocenters. The zero-order valence-corrected chi connectivity index (χ0v) is 10.1. The molecule has 2 rings (SSSR count). The topological polar surface area (TPSA) is 90.0 Å². The van der Waals surface area contributed by atoms with Crippen molar-refractivity contribution in [1.82, 2.24) is 14.9 Å².